The van der Waals surface area contributed by atoms with Gasteiger partial charge in [0.25, 0.3) is 5.91 Å². The second-order valence-corrected chi connectivity index (χ2v) is 5.83. The minimum absolute atomic E-state index is 0.295. The van der Waals surface area contributed by atoms with Gasteiger partial charge in [-0.25, -0.2) is 4.79 Å². The van der Waals surface area contributed by atoms with Gasteiger partial charge < -0.3 is 19.5 Å². The number of benzene rings is 2. The molecule has 1 saturated heterocycles. The van der Waals surface area contributed by atoms with Crippen molar-refractivity contribution in [3.05, 3.63) is 64.7 Å². The molecule has 6 heteroatoms. The minimum atomic E-state index is -0.485. The number of anilines is 1. The van der Waals surface area contributed by atoms with E-state index in [1.807, 2.05) is 13.0 Å². The number of hydrogen-bond donors (Lipinski definition) is 1. The van der Waals surface area contributed by atoms with Gasteiger partial charge in [0.2, 0.25) is 0 Å². The first-order valence-electron chi connectivity index (χ1n) is 8.48. The fourth-order valence-corrected chi connectivity index (χ4v) is 2.85. The molecule has 2 aromatic carbocycles. The van der Waals surface area contributed by atoms with Crippen molar-refractivity contribution in [2.45, 2.75) is 19.6 Å². The van der Waals surface area contributed by atoms with E-state index in [1.54, 1.807) is 36.4 Å². The molecule has 136 valence electrons. The van der Waals surface area contributed by atoms with E-state index in [0.29, 0.717) is 36.4 Å². The van der Waals surface area contributed by atoms with Crippen molar-refractivity contribution >= 4 is 17.6 Å². The number of para-hydroxylation sites is 1. The highest BCUT2D eigenvalue weighted by atomic mass is 16.7. The Morgan fingerprint density at radius 2 is 1.81 bits per heavy atom. The highest BCUT2D eigenvalue weighted by molar-refractivity contribution is 6.08. The van der Waals surface area contributed by atoms with Gasteiger partial charge in [-0.2, -0.15) is 0 Å². The van der Waals surface area contributed by atoms with Gasteiger partial charge >= 0.3 is 5.97 Å². The molecule has 1 fully saturated rings. The van der Waals surface area contributed by atoms with Crippen molar-refractivity contribution in [1.82, 2.24) is 0 Å². The van der Waals surface area contributed by atoms with E-state index in [1.165, 1.54) is 7.11 Å². The predicted molar refractivity (Wildman–Crippen MR) is 96.2 cm³/mol. The first-order chi connectivity index (χ1) is 12.6. The first-order valence-corrected chi connectivity index (χ1v) is 8.48. The Bertz CT molecular complexity index is 794. The number of hydrogen-bond acceptors (Lipinski definition) is 5. The maximum Gasteiger partial charge on any atom is 0.339 e. The molecule has 0 bridgehead atoms. The van der Waals surface area contributed by atoms with Crippen LogP contribution in [0, 0.1) is 0 Å². The normalized spacial score (nSPS) is 14.2. The number of nitrogens with one attached hydrogen (secondary N) is 1. The summed E-state index contributed by atoms with van der Waals surface area (Å²) in [5.41, 5.74) is 3.03. The lowest BCUT2D eigenvalue weighted by atomic mass is 10.0. The Morgan fingerprint density at radius 3 is 2.42 bits per heavy atom. The van der Waals surface area contributed by atoms with Gasteiger partial charge in [-0.3, -0.25) is 4.79 Å². The van der Waals surface area contributed by atoms with Gasteiger partial charge in [-0.1, -0.05) is 31.2 Å². The highest BCUT2D eigenvalue weighted by Gasteiger charge is 2.20. The monoisotopic (exact) mass is 355 g/mol. The molecule has 0 atom stereocenters. The lowest BCUT2D eigenvalue weighted by molar-refractivity contribution is -0.0441. The Hall–Kier alpha value is -2.70. The van der Waals surface area contributed by atoms with E-state index in [2.05, 4.69) is 5.32 Å². The second kappa shape index (κ2) is 8.12. The first kappa shape index (κ1) is 18.1. The fourth-order valence-electron chi connectivity index (χ4n) is 2.85. The van der Waals surface area contributed by atoms with Crippen LogP contribution in [0.3, 0.4) is 0 Å². The largest absolute Gasteiger partial charge is 0.465 e. The molecule has 1 heterocycles. The van der Waals surface area contributed by atoms with Crippen LogP contribution in [0.2, 0.25) is 0 Å². The van der Waals surface area contributed by atoms with Crippen molar-refractivity contribution in [2.75, 3.05) is 25.6 Å². The molecular formula is C20H21NO5. The second-order valence-electron chi connectivity index (χ2n) is 5.83. The summed E-state index contributed by atoms with van der Waals surface area (Å²) in [7, 11) is 1.32. The molecule has 0 unspecified atom stereocenters. The van der Waals surface area contributed by atoms with E-state index in [9.17, 15) is 9.59 Å². The third-order valence-electron chi connectivity index (χ3n) is 4.24. The Kier molecular flexibility index (Phi) is 5.65. The summed E-state index contributed by atoms with van der Waals surface area (Å²) in [5, 5.41) is 2.85. The molecule has 6 nitrogen and oxygen atoms in total. The maximum absolute atomic E-state index is 12.7. The average molecular weight is 355 g/mol. The zero-order valence-corrected chi connectivity index (χ0v) is 14.8. The summed E-state index contributed by atoms with van der Waals surface area (Å²) in [4.78, 5) is 24.7. The fraction of sp³-hybridized carbons (Fsp3) is 0.300. The summed E-state index contributed by atoms with van der Waals surface area (Å²) in [6.07, 6.45) is 0.300. The van der Waals surface area contributed by atoms with Crippen molar-refractivity contribution in [1.29, 1.82) is 0 Å². The minimum Gasteiger partial charge on any atom is -0.465 e. The molecule has 1 aliphatic rings. The average Bonchev–Trinajstić information content (AvgIpc) is 3.22. The number of methoxy groups -OCH3 is 1. The summed E-state index contributed by atoms with van der Waals surface area (Å²) < 4.78 is 15.7. The van der Waals surface area contributed by atoms with Crippen molar-refractivity contribution in [2.24, 2.45) is 0 Å². The lowest BCUT2D eigenvalue weighted by Crippen LogP contribution is -2.17. The molecule has 0 radical (unpaired) electrons. The van der Waals surface area contributed by atoms with Gasteiger partial charge in [-0.15, -0.1) is 0 Å². The molecule has 0 aliphatic carbocycles. The molecule has 1 amide bonds. The molecular weight excluding hydrogens is 334 g/mol. The molecule has 0 spiro atoms. The number of esters is 1. The Labute approximate surface area is 152 Å². The number of rotatable bonds is 5. The third-order valence-corrected chi connectivity index (χ3v) is 4.24. The lowest BCUT2D eigenvalue weighted by Gasteiger charge is -2.14. The van der Waals surface area contributed by atoms with Crippen molar-refractivity contribution in [3.63, 3.8) is 0 Å². The third kappa shape index (κ3) is 3.76. The summed E-state index contributed by atoms with van der Waals surface area (Å²) in [6.45, 7) is 3.09. The van der Waals surface area contributed by atoms with Gasteiger partial charge in [0.1, 0.15) is 0 Å². The van der Waals surface area contributed by atoms with Crippen LogP contribution in [0.5, 0.6) is 0 Å². The van der Waals surface area contributed by atoms with Crippen molar-refractivity contribution < 1.29 is 23.8 Å². The quantitative estimate of drug-likeness (QED) is 0.833. The van der Waals surface area contributed by atoms with Crippen LogP contribution in [-0.4, -0.2) is 32.2 Å². The Balaban J connectivity index is 1.82. The summed E-state index contributed by atoms with van der Waals surface area (Å²) in [5.74, 6) is -0.780. The van der Waals surface area contributed by atoms with Crippen LogP contribution in [0.25, 0.3) is 0 Å². The van der Waals surface area contributed by atoms with E-state index in [4.69, 9.17) is 14.2 Å². The standard InChI is InChI=1S/C20H21NO5/c1-3-13-5-4-6-16(19(23)24-2)17(13)21-18(22)14-7-9-15(10-8-14)20-25-11-12-26-20/h4-10,20H,3,11-12H2,1-2H3,(H,21,22). The molecule has 26 heavy (non-hydrogen) atoms. The molecule has 3 rings (SSSR count). The number of amides is 1. The van der Waals surface area contributed by atoms with E-state index < -0.39 is 5.97 Å². The summed E-state index contributed by atoms with van der Waals surface area (Å²) in [6, 6.07) is 12.3. The maximum atomic E-state index is 12.7. The van der Waals surface area contributed by atoms with E-state index in [0.717, 1.165) is 11.1 Å². The molecule has 0 saturated carbocycles. The van der Waals surface area contributed by atoms with Gasteiger partial charge in [-0.05, 0) is 30.2 Å². The van der Waals surface area contributed by atoms with Gasteiger partial charge in [0, 0.05) is 11.1 Å². The van der Waals surface area contributed by atoms with Crippen LogP contribution in [-0.2, 0) is 20.6 Å². The zero-order chi connectivity index (χ0) is 18.5. The molecule has 1 aliphatic heterocycles. The van der Waals surface area contributed by atoms with Gasteiger partial charge in [0.15, 0.2) is 6.29 Å². The SMILES string of the molecule is CCc1cccc(C(=O)OC)c1NC(=O)c1ccc(C2OCCO2)cc1. The Morgan fingerprint density at radius 1 is 1.12 bits per heavy atom. The van der Waals surface area contributed by atoms with Gasteiger partial charge in [0.05, 0.1) is 31.6 Å². The van der Waals surface area contributed by atoms with Crippen LogP contribution in [0.15, 0.2) is 42.5 Å². The molecule has 1 N–H and O–H groups in total. The number of carbonyl (C=O) groups excluding carboxylic acids is 2. The topological polar surface area (TPSA) is 73.9 Å². The van der Waals surface area contributed by atoms with Crippen LogP contribution in [0.4, 0.5) is 5.69 Å². The zero-order valence-electron chi connectivity index (χ0n) is 14.8. The van der Waals surface area contributed by atoms with Crippen LogP contribution >= 0.6 is 0 Å². The number of ether oxygens (including phenoxy) is 3. The summed E-state index contributed by atoms with van der Waals surface area (Å²) >= 11 is 0. The highest BCUT2D eigenvalue weighted by Crippen LogP contribution is 2.25. The van der Waals surface area contributed by atoms with Crippen LogP contribution < -0.4 is 5.32 Å². The number of aryl methyl sites for hydroxylation is 1. The predicted octanol–water partition coefficient (Wildman–Crippen LogP) is 3.33. The smallest absolute Gasteiger partial charge is 0.339 e. The van der Waals surface area contributed by atoms with E-state index in [-0.39, 0.29) is 12.2 Å². The van der Waals surface area contributed by atoms with Crippen molar-refractivity contribution in [3.8, 4) is 0 Å². The number of carbonyl (C=O) groups is 2. The van der Waals surface area contributed by atoms with Crippen LogP contribution in [0.1, 0.15) is 45.1 Å². The molecule has 2 aromatic rings. The van der Waals surface area contributed by atoms with E-state index >= 15 is 0 Å². The molecule has 0 aromatic heterocycles.